The second-order valence-electron chi connectivity index (χ2n) is 6.82. The maximum absolute atomic E-state index is 5.92. The minimum absolute atomic E-state index is 0. The molecule has 0 aliphatic carbocycles. The van der Waals surface area contributed by atoms with Crippen LogP contribution in [-0.2, 0) is 11.8 Å². The van der Waals surface area contributed by atoms with Gasteiger partial charge in [-0.2, -0.15) is 5.10 Å². The number of nitrogens with one attached hydrogen (secondary N) is 1. The first-order valence-electron chi connectivity index (χ1n) is 8.98. The van der Waals surface area contributed by atoms with Crippen LogP contribution in [0, 0.1) is 13.8 Å². The molecule has 1 saturated heterocycles. The highest BCUT2D eigenvalue weighted by molar-refractivity contribution is 14.0. The molecule has 2 unspecified atom stereocenters. The fourth-order valence-corrected chi connectivity index (χ4v) is 3.52. The molecule has 150 valence electrons. The Labute approximate surface area is 177 Å². The summed E-state index contributed by atoms with van der Waals surface area (Å²) < 4.78 is 13.0. The van der Waals surface area contributed by atoms with Crippen LogP contribution in [0.15, 0.2) is 21.9 Å². The van der Waals surface area contributed by atoms with E-state index in [-0.39, 0.29) is 36.0 Å². The van der Waals surface area contributed by atoms with Crippen molar-refractivity contribution in [2.75, 3.05) is 33.3 Å². The molecule has 1 aliphatic heterocycles. The molecule has 3 heterocycles. The molecular formula is C18H29IN6O2. The van der Waals surface area contributed by atoms with E-state index < -0.39 is 0 Å². The van der Waals surface area contributed by atoms with Crippen LogP contribution in [0.25, 0.3) is 0 Å². The lowest BCUT2D eigenvalue weighted by Gasteiger charge is -2.35. The van der Waals surface area contributed by atoms with Crippen LogP contribution in [-0.4, -0.2) is 59.1 Å². The lowest BCUT2D eigenvalue weighted by Crippen LogP contribution is -2.48. The molecule has 1 fully saturated rings. The summed E-state index contributed by atoms with van der Waals surface area (Å²) in [5.41, 5.74) is 3.22. The summed E-state index contributed by atoms with van der Waals surface area (Å²) in [7, 11) is 3.73. The second-order valence-corrected chi connectivity index (χ2v) is 6.82. The van der Waals surface area contributed by atoms with E-state index in [1.165, 1.54) is 5.56 Å². The average Bonchev–Trinajstić information content (AvgIpc) is 3.21. The van der Waals surface area contributed by atoms with Crippen molar-refractivity contribution in [3.63, 3.8) is 0 Å². The van der Waals surface area contributed by atoms with Crippen molar-refractivity contribution < 1.29 is 9.26 Å². The molecular weight excluding hydrogens is 459 g/mol. The number of morpholine rings is 1. The third-order valence-corrected chi connectivity index (χ3v) is 4.82. The van der Waals surface area contributed by atoms with Crippen LogP contribution < -0.4 is 5.32 Å². The second kappa shape index (κ2) is 9.54. The van der Waals surface area contributed by atoms with Crippen LogP contribution >= 0.6 is 24.0 Å². The van der Waals surface area contributed by atoms with Gasteiger partial charge >= 0.3 is 0 Å². The fraction of sp³-hybridized carbons (Fsp3) is 0.611. The zero-order valence-electron chi connectivity index (χ0n) is 16.6. The molecule has 0 amide bonds. The van der Waals surface area contributed by atoms with Crippen LogP contribution in [0.4, 0.5) is 0 Å². The standard InChI is InChI=1S/C18H28N6O2.HI/c1-12(17-13(2)22-26-14(17)3)8-20-18(19-4)24-6-7-25-16(11-24)15-9-21-23(5)10-15;/h9-10,12,16H,6-8,11H2,1-5H3,(H,19,20);1H. The summed E-state index contributed by atoms with van der Waals surface area (Å²) in [4.78, 5) is 6.70. The lowest BCUT2D eigenvalue weighted by atomic mass is 10.00. The number of aliphatic imine (C=N–C) groups is 1. The van der Waals surface area contributed by atoms with E-state index >= 15 is 0 Å². The van der Waals surface area contributed by atoms with Gasteiger partial charge in [-0.25, -0.2) is 0 Å². The van der Waals surface area contributed by atoms with Crippen molar-refractivity contribution in [3.8, 4) is 0 Å². The van der Waals surface area contributed by atoms with E-state index in [0.717, 1.165) is 42.6 Å². The summed E-state index contributed by atoms with van der Waals surface area (Å²) in [6.45, 7) is 9.12. The number of hydrogen-bond acceptors (Lipinski definition) is 5. The highest BCUT2D eigenvalue weighted by Crippen LogP contribution is 2.23. The highest BCUT2D eigenvalue weighted by atomic mass is 127. The van der Waals surface area contributed by atoms with Gasteiger partial charge in [0.15, 0.2) is 5.96 Å². The van der Waals surface area contributed by atoms with Gasteiger partial charge in [-0.1, -0.05) is 12.1 Å². The highest BCUT2D eigenvalue weighted by Gasteiger charge is 2.25. The van der Waals surface area contributed by atoms with Gasteiger partial charge in [0.2, 0.25) is 0 Å². The van der Waals surface area contributed by atoms with E-state index in [9.17, 15) is 0 Å². The predicted molar refractivity (Wildman–Crippen MR) is 115 cm³/mol. The molecule has 3 rings (SSSR count). The number of nitrogens with zero attached hydrogens (tertiary/aromatic N) is 5. The van der Waals surface area contributed by atoms with Crippen molar-refractivity contribution in [1.82, 2.24) is 25.2 Å². The van der Waals surface area contributed by atoms with Crippen molar-refractivity contribution in [3.05, 3.63) is 35.0 Å². The van der Waals surface area contributed by atoms with Gasteiger partial charge in [-0.15, -0.1) is 24.0 Å². The van der Waals surface area contributed by atoms with E-state index in [1.807, 2.05) is 40.3 Å². The van der Waals surface area contributed by atoms with Crippen molar-refractivity contribution in [2.45, 2.75) is 32.8 Å². The maximum Gasteiger partial charge on any atom is 0.193 e. The Bertz CT molecular complexity index is 752. The molecule has 9 heteroatoms. The molecule has 0 aromatic carbocycles. The quantitative estimate of drug-likeness (QED) is 0.405. The van der Waals surface area contributed by atoms with Gasteiger partial charge in [-0.3, -0.25) is 9.67 Å². The van der Waals surface area contributed by atoms with Crippen molar-refractivity contribution in [2.24, 2.45) is 12.0 Å². The van der Waals surface area contributed by atoms with Crippen LogP contribution in [0.3, 0.4) is 0 Å². The van der Waals surface area contributed by atoms with E-state index in [1.54, 1.807) is 4.68 Å². The number of aromatic nitrogens is 3. The van der Waals surface area contributed by atoms with E-state index in [2.05, 4.69) is 32.4 Å². The molecule has 27 heavy (non-hydrogen) atoms. The number of halogens is 1. The van der Waals surface area contributed by atoms with Crippen LogP contribution in [0.1, 0.15) is 41.5 Å². The molecule has 0 spiro atoms. The first kappa shape index (κ1) is 21.7. The largest absolute Gasteiger partial charge is 0.370 e. The third-order valence-electron chi connectivity index (χ3n) is 4.82. The number of hydrogen-bond donors (Lipinski definition) is 1. The Hall–Kier alpha value is -1.62. The predicted octanol–water partition coefficient (Wildman–Crippen LogP) is 2.40. The van der Waals surface area contributed by atoms with Gasteiger partial charge < -0.3 is 19.5 Å². The van der Waals surface area contributed by atoms with Gasteiger partial charge in [0, 0.05) is 50.4 Å². The zero-order valence-corrected chi connectivity index (χ0v) is 18.9. The minimum Gasteiger partial charge on any atom is -0.370 e. The SMILES string of the molecule is CN=C(NCC(C)c1c(C)noc1C)N1CCOC(c2cnn(C)c2)C1.I. The summed E-state index contributed by atoms with van der Waals surface area (Å²) in [5, 5.41) is 11.8. The van der Waals surface area contributed by atoms with Gasteiger partial charge in [0.05, 0.1) is 25.0 Å². The summed E-state index contributed by atoms with van der Waals surface area (Å²) in [5.74, 6) is 2.06. The molecule has 2 aromatic rings. The molecule has 1 aliphatic rings. The summed E-state index contributed by atoms with van der Waals surface area (Å²) in [6, 6.07) is 0. The summed E-state index contributed by atoms with van der Waals surface area (Å²) in [6.07, 6.45) is 3.88. The van der Waals surface area contributed by atoms with Crippen molar-refractivity contribution >= 4 is 29.9 Å². The summed E-state index contributed by atoms with van der Waals surface area (Å²) >= 11 is 0. The first-order chi connectivity index (χ1) is 12.5. The van der Waals surface area contributed by atoms with Crippen molar-refractivity contribution in [1.29, 1.82) is 0 Å². The topological polar surface area (TPSA) is 80.7 Å². The Morgan fingerprint density at radius 1 is 1.44 bits per heavy atom. The van der Waals surface area contributed by atoms with Crippen LogP contribution in [0.2, 0.25) is 0 Å². The van der Waals surface area contributed by atoms with Gasteiger partial charge in [0.1, 0.15) is 11.9 Å². The number of guanidine groups is 1. The normalized spacial score (nSPS) is 18.9. The minimum atomic E-state index is 0. The maximum atomic E-state index is 5.92. The smallest absolute Gasteiger partial charge is 0.193 e. The van der Waals surface area contributed by atoms with Gasteiger partial charge in [0.25, 0.3) is 0 Å². The Morgan fingerprint density at radius 2 is 2.22 bits per heavy atom. The molecule has 1 N–H and O–H groups in total. The molecule has 0 radical (unpaired) electrons. The Morgan fingerprint density at radius 3 is 2.81 bits per heavy atom. The average molecular weight is 488 g/mol. The third kappa shape index (κ3) is 5.01. The fourth-order valence-electron chi connectivity index (χ4n) is 3.52. The number of rotatable bonds is 4. The monoisotopic (exact) mass is 488 g/mol. The molecule has 0 saturated carbocycles. The zero-order chi connectivity index (χ0) is 18.7. The number of ether oxygens (including phenoxy) is 1. The Kier molecular flexibility index (Phi) is 7.66. The molecule has 2 aromatic heterocycles. The molecule has 8 nitrogen and oxygen atoms in total. The Balaban J connectivity index is 0.00000261. The van der Waals surface area contributed by atoms with Crippen LogP contribution in [0.5, 0.6) is 0 Å². The number of aryl methyl sites for hydroxylation is 3. The lowest BCUT2D eigenvalue weighted by molar-refractivity contribution is -0.00803. The van der Waals surface area contributed by atoms with E-state index in [0.29, 0.717) is 6.61 Å². The molecule has 2 atom stereocenters. The van der Waals surface area contributed by atoms with Gasteiger partial charge in [-0.05, 0) is 13.8 Å². The molecule has 0 bridgehead atoms. The first-order valence-corrected chi connectivity index (χ1v) is 8.98. The van der Waals surface area contributed by atoms with E-state index in [4.69, 9.17) is 9.26 Å².